The molecule has 6 nitrogen and oxygen atoms in total. The highest BCUT2D eigenvalue weighted by atomic mass is 35.5. The Morgan fingerprint density at radius 1 is 1.33 bits per heavy atom. The van der Waals surface area contributed by atoms with Gasteiger partial charge in [0, 0.05) is 13.0 Å². The van der Waals surface area contributed by atoms with Crippen LogP contribution in [0.4, 0.5) is 5.69 Å². The third kappa shape index (κ3) is 4.48. The Morgan fingerprint density at radius 2 is 2.00 bits per heavy atom. The molecule has 1 unspecified atom stereocenters. The van der Waals surface area contributed by atoms with Crippen LogP contribution >= 0.6 is 11.6 Å². The first-order valence-electron chi connectivity index (χ1n) is 7.63. The molecule has 0 aliphatic carbocycles. The van der Waals surface area contributed by atoms with Gasteiger partial charge in [-0.05, 0) is 37.5 Å². The van der Waals surface area contributed by atoms with Crippen molar-refractivity contribution in [2.24, 2.45) is 0 Å². The van der Waals surface area contributed by atoms with Gasteiger partial charge in [-0.3, -0.25) is 9.59 Å². The molecular weight excluding hydrogens is 352 g/mol. The van der Waals surface area contributed by atoms with Crippen molar-refractivity contribution in [3.8, 4) is 0 Å². The van der Waals surface area contributed by atoms with E-state index in [1.165, 1.54) is 11.8 Å². The number of aryl methyl sites for hydroxylation is 2. The summed E-state index contributed by atoms with van der Waals surface area (Å²) >= 11 is 6.26. The van der Waals surface area contributed by atoms with Crippen LogP contribution in [0.15, 0.2) is 12.1 Å². The molecule has 1 atom stereocenters. The van der Waals surface area contributed by atoms with Gasteiger partial charge in [0.15, 0.2) is 9.84 Å². The number of nitrogens with one attached hydrogen (secondary N) is 1. The smallest absolute Gasteiger partial charge is 0.240 e. The zero-order valence-corrected chi connectivity index (χ0v) is 15.5. The van der Waals surface area contributed by atoms with E-state index in [9.17, 15) is 18.0 Å². The van der Waals surface area contributed by atoms with E-state index in [4.69, 9.17) is 11.6 Å². The minimum atomic E-state index is -3.07. The molecule has 1 heterocycles. The maximum Gasteiger partial charge on any atom is 0.240 e. The van der Waals surface area contributed by atoms with Crippen molar-refractivity contribution in [3.05, 3.63) is 28.3 Å². The fourth-order valence-corrected chi connectivity index (χ4v) is 5.02. The average molecular weight is 373 g/mol. The Balaban J connectivity index is 2.15. The van der Waals surface area contributed by atoms with Crippen LogP contribution in [-0.4, -0.2) is 44.3 Å². The molecule has 0 spiro atoms. The molecule has 1 saturated heterocycles. The van der Waals surface area contributed by atoms with Crippen molar-refractivity contribution in [3.63, 3.8) is 0 Å². The van der Waals surface area contributed by atoms with E-state index in [0.29, 0.717) is 17.1 Å². The number of benzene rings is 1. The molecule has 132 valence electrons. The fourth-order valence-electron chi connectivity index (χ4n) is 2.92. The minimum absolute atomic E-state index is 0.0525. The molecule has 1 N–H and O–H groups in total. The Hall–Kier alpha value is -1.60. The molecule has 0 bridgehead atoms. The first-order valence-corrected chi connectivity index (χ1v) is 9.83. The van der Waals surface area contributed by atoms with Gasteiger partial charge in [0.1, 0.15) is 6.54 Å². The van der Waals surface area contributed by atoms with Crippen molar-refractivity contribution >= 4 is 38.9 Å². The topological polar surface area (TPSA) is 83.6 Å². The van der Waals surface area contributed by atoms with Gasteiger partial charge in [-0.2, -0.15) is 0 Å². The Bertz CT molecular complexity index is 753. The van der Waals surface area contributed by atoms with Crippen LogP contribution in [0.2, 0.25) is 5.02 Å². The number of hydrogen-bond donors (Lipinski definition) is 1. The van der Waals surface area contributed by atoms with Crippen molar-refractivity contribution in [2.75, 3.05) is 23.0 Å². The molecule has 0 saturated carbocycles. The summed E-state index contributed by atoms with van der Waals surface area (Å²) in [5.41, 5.74) is 2.26. The number of carbonyl (C=O) groups excluding carboxylic acids is 2. The van der Waals surface area contributed by atoms with Gasteiger partial charge in [-0.25, -0.2) is 8.42 Å². The van der Waals surface area contributed by atoms with Gasteiger partial charge in [0.05, 0.1) is 22.2 Å². The van der Waals surface area contributed by atoms with E-state index >= 15 is 0 Å². The highest BCUT2D eigenvalue weighted by molar-refractivity contribution is 7.91. The molecule has 2 amide bonds. The lowest BCUT2D eigenvalue weighted by molar-refractivity contribution is -0.123. The second-order valence-corrected chi connectivity index (χ2v) is 8.82. The maximum absolute atomic E-state index is 12.2. The van der Waals surface area contributed by atoms with Crippen molar-refractivity contribution in [1.82, 2.24) is 5.32 Å². The van der Waals surface area contributed by atoms with Crippen molar-refractivity contribution in [1.29, 1.82) is 0 Å². The minimum Gasteiger partial charge on any atom is -0.351 e. The van der Waals surface area contributed by atoms with Gasteiger partial charge in [-0.15, -0.1) is 0 Å². The summed E-state index contributed by atoms with van der Waals surface area (Å²) < 4.78 is 22.9. The molecule has 0 aromatic heterocycles. The molecule has 1 aliphatic rings. The SMILES string of the molecule is CC(=O)N(CC(=O)NC1CCS(=O)(=O)C1)c1c(C)cc(C)cc1Cl. The molecule has 0 radical (unpaired) electrons. The van der Waals surface area contributed by atoms with Gasteiger partial charge in [0.2, 0.25) is 11.8 Å². The summed E-state index contributed by atoms with van der Waals surface area (Å²) in [6, 6.07) is 3.23. The Morgan fingerprint density at radius 3 is 2.50 bits per heavy atom. The van der Waals surface area contributed by atoms with Crippen LogP contribution in [-0.2, 0) is 19.4 Å². The molecule has 1 aliphatic heterocycles. The van der Waals surface area contributed by atoms with E-state index in [-0.39, 0.29) is 24.0 Å². The van der Waals surface area contributed by atoms with Crippen molar-refractivity contribution in [2.45, 2.75) is 33.2 Å². The highest BCUT2D eigenvalue weighted by Gasteiger charge is 2.30. The summed E-state index contributed by atoms with van der Waals surface area (Å²) in [6.07, 6.45) is 0.401. The predicted octanol–water partition coefficient (Wildman–Crippen LogP) is 1.61. The largest absolute Gasteiger partial charge is 0.351 e. The van der Waals surface area contributed by atoms with E-state index < -0.39 is 21.8 Å². The number of carbonyl (C=O) groups is 2. The molecular formula is C16H21ClN2O4S. The number of hydrogen-bond acceptors (Lipinski definition) is 4. The Kier molecular flexibility index (Phi) is 5.55. The van der Waals surface area contributed by atoms with Crippen LogP contribution in [0.25, 0.3) is 0 Å². The average Bonchev–Trinajstić information content (AvgIpc) is 2.75. The number of sulfone groups is 1. The highest BCUT2D eigenvalue weighted by Crippen LogP contribution is 2.31. The summed E-state index contributed by atoms with van der Waals surface area (Å²) in [7, 11) is -3.07. The van der Waals surface area contributed by atoms with E-state index in [2.05, 4.69) is 5.32 Å². The van der Waals surface area contributed by atoms with Crippen LogP contribution in [0, 0.1) is 13.8 Å². The molecule has 8 heteroatoms. The number of anilines is 1. The first kappa shape index (κ1) is 18.7. The number of halogens is 1. The normalized spacial score (nSPS) is 19.1. The van der Waals surface area contributed by atoms with Gasteiger partial charge >= 0.3 is 0 Å². The monoisotopic (exact) mass is 372 g/mol. The Labute approximate surface area is 147 Å². The molecule has 24 heavy (non-hydrogen) atoms. The summed E-state index contributed by atoms with van der Waals surface area (Å²) in [6.45, 7) is 4.89. The predicted molar refractivity (Wildman–Crippen MR) is 94.2 cm³/mol. The summed E-state index contributed by atoms with van der Waals surface area (Å²) in [5, 5.41) is 3.09. The van der Waals surface area contributed by atoms with Crippen LogP contribution in [0.1, 0.15) is 24.5 Å². The summed E-state index contributed by atoms with van der Waals surface area (Å²) in [5.74, 6) is -0.679. The van der Waals surface area contributed by atoms with Crippen molar-refractivity contribution < 1.29 is 18.0 Å². The van der Waals surface area contributed by atoms with Gasteiger partial charge in [-0.1, -0.05) is 17.7 Å². The van der Waals surface area contributed by atoms with Gasteiger partial charge in [0.25, 0.3) is 0 Å². The fraction of sp³-hybridized carbons (Fsp3) is 0.500. The lowest BCUT2D eigenvalue weighted by Crippen LogP contribution is -2.44. The lowest BCUT2D eigenvalue weighted by atomic mass is 10.1. The zero-order chi connectivity index (χ0) is 18.1. The third-order valence-electron chi connectivity index (χ3n) is 3.95. The number of rotatable bonds is 4. The van der Waals surface area contributed by atoms with Crippen LogP contribution in [0.5, 0.6) is 0 Å². The van der Waals surface area contributed by atoms with Gasteiger partial charge < -0.3 is 10.2 Å². The maximum atomic E-state index is 12.2. The van der Waals surface area contributed by atoms with E-state index in [1.807, 2.05) is 19.9 Å². The lowest BCUT2D eigenvalue weighted by Gasteiger charge is -2.25. The second kappa shape index (κ2) is 7.11. The third-order valence-corrected chi connectivity index (χ3v) is 6.00. The molecule has 1 aromatic rings. The summed E-state index contributed by atoms with van der Waals surface area (Å²) in [4.78, 5) is 25.6. The quantitative estimate of drug-likeness (QED) is 0.870. The van der Waals surface area contributed by atoms with E-state index in [1.54, 1.807) is 6.07 Å². The zero-order valence-electron chi connectivity index (χ0n) is 13.9. The number of nitrogens with zero attached hydrogens (tertiary/aromatic N) is 1. The number of amides is 2. The first-order chi connectivity index (χ1) is 11.1. The van der Waals surface area contributed by atoms with E-state index in [0.717, 1.165) is 11.1 Å². The standard InChI is InChI=1S/C16H21ClN2O4S/c1-10-6-11(2)16(14(17)7-10)19(12(3)20)8-15(21)18-13-4-5-24(22,23)9-13/h6-7,13H,4-5,8-9H2,1-3H3,(H,18,21). The second-order valence-electron chi connectivity index (χ2n) is 6.18. The molecule has 1 aromatic carbocycles. The molecule has 2 rings (SSSR count). The van der Waals surface area contributed by atoms with Crippen LogP contribution < -0.4 is 10.2 Å². The molecule has 1 fully saturated rings. The van der Waals surface area contributed by atoms with Crippen LogP contribution in [0.3, 0.4) is 0 Å².